The summed E-state index contributed by atoms with van der Waals surface area (Å²) >= 11 is 0. The van der Waals surface area contributed by atoms with Gasteiger partial charge >= 0.3 is 0 Å². The molecule has 0 aliphatic carbocycles. The van der Waals surface area contributed by atoms with Gasteiger partial charge in [0.25, 0.3) is 0 Å². The van der Waals surface area contributed by atoms with Crippen LogP contribution in [0.4, 0.5) is 5.82 Å². The zero-order chi connectivity index (χ0) is 9.68. The summed E-state index contributed by atoms with van der Waals surface area (Å²) in [6.45, 7) is 8.56. The van der Waals surface area contributed by atoms with Crippen LogP contribution in [0.1, 0.15) is 26.3 Å². The van der Waals surface area contributed by atoms with E-state index in [1.54, 1.807) is 0 Å². The highest BCUT2D eigenvalue weighted by atomic mass is 15.2. The van der Waals surface area contributed by atoms with Gasteiger partial charge in [-0.25, -0.2) is 4.98 Å². The van der Waals surface area contributed by atoms with Crippen LogP contribution < -0.4 is 4.90 Å². The Hall–Kier alpha value is -1.05. The van der Waals surface area contributed by atoms with E-state index in [0.717, 1.165) is 25.3 Å². The van der Waals surface area contributed by atoms with Gasteiger partial charge in [0.05, 0.1) is 0 Å². The highest BCUT2D eigenvalue weighted by molar-refractivity contribution is 5.46. The molecule has 0 unspecified atom stereocenters. The second-order valence-corrected chi connectivity index (χ2v) is 3.01. The lowest BCUT2D eigenvalue weighted by molar-refractivity contribution is 0.834. The predicted octanol–water partition coefficient (Wildman–Crippen LogP) is 2.49. The van der Waals surface area contributed by atoms with Crippen molar-refractivity contribution in [1.29, 1.82) is 0 Å². The van der Waals surface area contributed by atoms with Crippen LogP contribution in [0.5, 0.6) is 0 Å². The van der Waals surface area contributed by atoms with Crippen LogP contribution in [0.25, 0.3) is 0 Å². The molecule has 0 atom stereocenters. The van der Waals surface area contributed by atoms with Gasteiger partial charge in [-0.3, -0.25) is 0 Å². The Balaban J connectivity index is 2.96. The molecule has 0 spiro atoms. The Morgan fingerprint density at radius 2 is 1.92 bits per heavy atom. The van der Waals surface area contributed by atoms with Crippen molar-refractivity contribution in [3.63, 3.8) is 0 Å². The molecule has 0 aliphatic rings. The molecular formula is C11H18N2. The monoisotopic (exact) mass is 178 g/mol. The minimum atomic E-state index is 1.03. The maximum atomic E-state index is 4.42. The summed E-state index contributed by atoms with van der Waals surface area (Å²) in [7, 11) is 0. The SMILES string of the molecule is CCc1cccnc1N(CC)CC. The number of hydrogen-bond acceptors (Lipinski definition) is 2. The highest BCUT2D eigenvalue weighted by Crippen LogP contribution is 2.16. The average Bonchev–Trinajstić information content (AvgIpc) is 2.20. The van der Waals surface area contributed by atoms with Crippen molar-refractivity contribution in [2.24, 2.45) is 0 Å². The zero-order valence-corrected chi connectivity index (χ0v) is 8.75. The Labute approximate surface area is 80.6 Å². The van der Waals surface area contributed by atoms with Gasteiger partial charge in [-0.2, -0.15) is 0 Å². The fraction of sp³-hybridized carbons (Fsp3) is 0.545. The molecule has 72 valence electrons. The molecule has 1 heterocycles. The van der Waals surface area contributed by atoms with Crippen LogP contribution in [0.2, 0.25) is 0 Å². The van der Waals surface area contributed by atoms with Crippen LogP contribution in [0.15, 0.2) is 18.3 Å². The van der Waals surface area contributed by atoms with Crippen LogP contribution >= 0.6 is 0 Å². The molecule has 2 nitrogen and oxygen atoms in total. The van der Waals surface area contributed by atoms with Crippen molar-refractivity contribution < 1.29 is 0 Å². The lowest BCUT2D eigenvalue weighted by atomic mass is 10.2. The Morgan fingerprint density at radius 1 is 1.23 bits per heavy atom. The first-order valence-corrected chi connectivity index (χ1v) is 5.02. The normalized spacial score (nSPS) is 10.1. The van der Waals surface area contributed by atoms with Gasteiger partial charge in [-0.1, -0.05) is 13.0 Å². The van der Waals surface area contributed by atoms with Gasteiger partial charge in [-0.05, 0) is 31.9 Å². The summed E-state index contributed by atoms with van der Waals surface area (Å²) in [4.78, 5) is 6.71. The highest BCUT2D eigenvalue weighted by Gasteiger charge is 2.06. The molecule has 0 aromatic carbocycles. The van der Waals surface area contributed by atoms with E-state index in [2.05, 4.69) is 36.7 Å². The molecule has 0 bridgehead atoms. The standard InChI is InChI=1S/C11H18N2/c1-4-10-8-7-9-12-11(10)13(5-2)6-3/h7-9H,4-6H2,1-3H3. The summed E-state index contributed by atoms with van der Waals surface area (Å²) < 4.78 is 0. The van der Waals surface area contributed by atoms with E-state index in [4.69, 9.17) is 0 Å². The smallest absolute Gasteiger partial charge is 0.131 e. The van der Waals surface area contributed by atoms with E-state index in [0.29, 0.717) is 0 Å². The molecule has 0 N–H and O–H groups in total. The topological polar surface area (TPSA) is 16.1 Å². The maximum absolute atomic E-state index is 4.42. The third-order valence-corrected chi connectivity index (χ3v) is 2.31. The minimum absolute atomic E-state index is 1.03. The molecular weight excluding hydrogens is 160 g/mol. The number of rotatable bonds is 4. The molecule has 0 radical (unpaired) electrons. The quantitative estimate of drug-likeness (QED) is 0.704. The number of pyridine rings is 1. The van der Waals surface area contributed by atoms with Gasteiger partial charge < -0.3 is 4.90 Å². The van der Waals surface area contributed by atoms with E-state index in [9.17, 15) is 0 Å². The molecule has 1 aromatic heterocycles. The molecule has 13 heavy (non-hydrogen) atoms. The number of anilines is 1. The van der Waals surface area contributed by atoms with Crippen LogP contribution in [-0.2, 0) is 6.42 Å². The molecule has 0 amide bonds. The molecule has 1 rings (SSSR count). The van der Waals surface area contributed by atoms with Crippen LogP contribution in [0, 0.1) is 0 Å². The van der Waals surface area contributed by atoms with Gasteiger partial charge in [-0.15, -0.1) is 0 Å². The van der Waals surface area contributed by atoms with E-state index >= 15 is 0 Å². The second kappa shape index (κ2) is 4.85. The Morgan fingerprint density at radius 3 is 2.46 bits per heavy atom. The van der Waals surface area contributed by atoms with Gasteiger partial charge in [0.2, 0.25) is 0 Å². The van der Waals surface area contributed by atoms with E-state index in [1.807, 2.05) is 12.3 Å². The van der Waals surface area contributed by atoms with Crippen LogP contribution in [0.3, 0.4) is 0 Å². The molecule has 2 heteroatoms. The van der Waals surface area contributed by atoms with Crippen molar-refractivity contribution in [3.05, 3.63) is 23.9 Å². The maximum Gasteiger partial charge on any atom is 0.131 e. The van der Waals surface area contributed by atoms with Crippen molar-refractivity contribution in [2.75, 3.05) is 18.0 Å². The predicted molar refractivity (Wildman–Crippen MR) is 57.2 cm³/mol. The third kappa shape index (κ3) is 2.20. The van der Waals surface area contributed by atoms with Crippen molar-refractivity contribution >= 4 is 5.82 Å². The largest absolute Gasteiger partial charge is 0.357 e. The van der Waals surface area contributed by atoms with Gasteiger partial charge in [0.1, 0.15) is 5.82 Å². The van der Waals surface area contributed by atoms with E-state index in [-0.39, 0.29) is 0 Å². The number of aromatic nitrogens is 1. The molecule has 0 saturated carbocycles. The number of hydrogen-bond donors (Lipinski definition) is 0. The average molecular weight is 178 g/mol. The number of aryl methyl sites for hydroxylation is 1. The van der Waals surface area contributed by atoms with Crippen molar-refractivity contribution in [2.45, 2.75) is 27.2 Å². The summed E-state index contributed by atoms with van der Waals surface area (Å²) in [6.07, 6.45) is 2.92. The van der Waals surface area contributed by atoms with Crippen LogP contribution in [-0.4, -0.2) is 18.1 Å². The fourth-order valence-corrected chi connectivity index (χ4v) is 1.51. The Bertz CT molecular complexity index is 254. The second-order valence-electron chi connectivity index (χ2n) is 3.01. The third-order valence-electron chi connectivity index (χ3n) is 2.31. The van der Waals surface area contributed by atoms with E-state index < -0.39 is 0 Å². The lowest BCUT2D eigenvalue weighted by Crippen LogP contribution is -2.24. The fourth-order valence-electron chi connectivity index (χ4n) is 1.51. The van der Waals surface area contributed by atoms with Gasteiger partial charge in [0.15, 0.2) is 0 Å². The molecule has 0 fully saturated rings. The summed E-state index contributed by atoms with van der Waals surface area (Å²) in [5, 5.41) is 0. The number of nitrogens with zero attached hydrogens (tertiary/aromatic N) is 2. The first-order chi connectivity index (χ1) is 6.33. The lowest BCUT2D eigenvalue weighted by Gasteiger charge is -2.22. The minimum Gasteiger partial charge on any atom is -0.357 e. The van der Waals surface area contributed by atoms with Gasteiger partial charge in [0, 0.05) is 19.3 Å². The summed E-state index contributed by atoms with van der Waals surface area (Å²) in [5.74, 6) is 1.15. The zero-order valence-electron chi connectivity index (χ0n) is 8.75. The molecule has 1 aromatic rings. The van der Waals surface area contributed by atoms with Crippen molar-refractivity contribution in [3.8, 4) is 0 Å². The van der Waals surface area contributed by atoms with Crippen molar-refractivity contribution in [1.82, 2.24) is 4.98 Å². The molecule has 0 aliphatic heterocycles. The molecule has 0 saturated heterocycles. The first kappa shape index (κ1) is 10.0. The summed E-state index contributed by atoms with van der Waals surface area (Å²) in [6, 6.07) is 4.16. The van der Waals surface area contributed by atoms with E-state index in [1.165, 1.54) is 5.56 Å². The first-order valence-electron chi connectivity index (χ1n) is 5.02. The summed E-state index contributed by atoms with van der Waals surface area (Å²) in [5.41, 5.74) is 1.34. The Kier molecular flexibility index (Phi) is 3.74.